The van der Waals surface area contributed by atoms with Gasteiger partial charge in [-0.25, -0.2) is 4.98 Å². The van der Waals surface area contributed by atoms with Gasteiger partial charge in [-0.15, -0.1) is 10.2 Å². The second-order valence-electron chi connectivity index (χ2n) is 10.7. The molecule has 0 radical (unpaired) electrons. The Bertz CT molecular complexity index is 1420. The molecule has 0 spiro atoms. The van der Waals surface area contributed by atoms with Crippen LogP contribution in [0.1, 0.15) is 80.7 Å². The molecule has 0 amide bonds. The Kier molecular flexibility index (Phi) is 7.73. The number of hydrogen-bond donors (Lipinski definition) is 3. The van der Waals surface area contributed by atoms with Crippen LogP contribution in [0, 0.1) is 5.92 Å². The average molecular weight is 542 g/mol. The SMILES string of the molecule is C[C@H](O)CN[C@H](C)c1nc(C(F)(F)F)cc2c(-c3cccc([C@H](c4nncn4C)C4CCCCC4)c3)n[nH]c12. The molecule has 5 rings (SSSR count). The van der Waals surface area contributed by atoms with Crippen molar-refractivity contribution in [1.29, 1.82) is 0 Å². The number of benzene rings is 1. The number of aromatic amines is 1. The molecule has 3 N–H and O–H groups in total. The van der Waals surface area contributed by atoms with Crippen LogP contribution in [0.4, 0.5) is 13.2 Å². The van der Waals surface area contributed by atoms with Gasteiger partial charge in [0.05, 0.1) is 17.3 Å². The summed E-state index contributed by atoms with van der Waals surface area (Å²) in [5.41, 5.74) is 1.86. The van der Waals surface area contributed by atoms with Gasteiger partial charge < -0.3 is 15.0 Å². The lowest BCUT2D eigenvalue weighted by Gasteiger charge is -2.30. The van der Waals surface area contributed by atoms with Crippen LogP contribution in [-0.2, 0) is 13.2 Å². The zero-order valence-electron chi connectivity index (χ0n) is 22.3. The van der Waals surface area contributed by atoms with Crippen molar-refractivity contribution in [2.24, 2.45) is 13.0 Å². The van der Waals surface area contributed by atoms with Crippen LogP contribution in [0.5, 0.6) is 0 Å². The summed E-state index contributed by atoms with van der Waals surface area (Å²) in [5.74, 6) is 1.31. The Morgan fingerprint density at radius 3 is 2.59 bits per heavy atom. The molecule has 1 aliphatic carbocycles. The van der Waals surface area contributed by atoms with Crippen molar-refractivity contribution in [3.63, 3.8) is 0 Å². The smallest absolute Gasteiger partial charge is 0.392 e. The van der Waals surface area contributed by atoms with E-state index in [-0.39, 0.29) is 18.2 Å². The molecule has 0 bridgehead atoms. The molecular weight excluding hydrogens is 507 g/mol. The summed E-state index contributed by atoms with van der Waals surface area (Å²) in [6.45, 7) is 3.55. The number of halogens is 3. The fourth-order valence-corrected chi connectivity index (χ4v) is 5.72. The van der Waals surface area contributed by atoms with Crippen LogP contribution in [-0.4, -0.2) is 47.7 Å². The number of aryl methyl sites for hydroxylation is 1. The quantitative estimate of drug-likeness (QED) is 0.272. The Labute approximate surface area is 225 Å². The van der Waals surface area contributed by atoms with Gasteiger partial charge in [-0.2, -0.15) is 18.3 Å². The molecule has 1 fully saturated rings. The van der Waals surface area contributed by atoms with E-state index in [4.69, 9.17) is 0 Å². The van der Waals surface area contributed by atoms with E-state index in [2.05, 4.69) is 36.8 Å². The minimum atomic E-state index is -4.62. The molecule has 1 aromatic carbocycles. The molecule has 8 nitrogen and oxygen atoms in total. The third-order valence-corrected chi connectivity index (χ3v) is 7.67. The van der Waals surface area contributed by atoms with Gasteiger partial charge in [0.2, 0.25) is 0 Å². The topological polar surface area (TPSA) is 105 Å². The van der Waals surface area contributed by atoms with E-state index >= 15 is 0 Å². The van der Waals surface area contributed by atoms with Crippen molar-refractivity contribution in [1.82, 2.24) is 35.3 Å². The van der Waals surface area contributed by atoms with E-state index < -0.39 is 24.0 Å². The second kappa shape index (κ2) is 11.1. The number of aromatic nitrogens is 6. The van der Waals surface area contributed by atoms with Crippen LogP contribution < -0.4 is 5.32 Å². The Balaban J connectivity index is 1.61. The number of aliphatic hydroxyl groups is 1. The number of aliphatic hydroxyl groups excluding tert-OH is 1. The molecule has 1 aliphatic rings. The van der Waals surface area contributed by atoms with Crippen LogP contribution in [0.2, 0.25) is 0 Å². The number of alkyl halides is 3. The van der Waals surface area contributed by atoms with Gasteiger partial charge in [0.15, 0.2) is 0 Å². The molecular formula is C28H34F3N7O. The van der Waals surface area contributed by atoms with Crippen molar-refractivity contribution in [2.45, 2.75) is 70.2 Å². The molecule has 208 valence electrons. The van der Waals surface area contributed by atoms with Crippen molar-refractivity contribution in [3.05, 3.63) is 59.4 Å². The van der Waals surface area contributed by atoms with Crippen molar-refractivity contribution in [2.75, 3.05) is 6.54 Å². The molecule has 3 atom stereocenters. The normalized spacial score (nSPS) is 17.4. The van der Waals surface area contributed by atoms with Gasteiger partial charge in [-0.3, -0.25) is 5.10 Å². The van der Waals surface area contributed by atoms with Gasteiger partial charge in [0.25, 0.3) is 0 Å². The molecule has 0 saturated heterocycles. The monoisotopic (exact) mass is 541 g/mol. The van der Waals surface area contributed by atoms with E-state index in [1.807, 2.05) is 29.8 Å². The van der Waals surface area contributed by atoms with E-state index in [1.165, 1.54) is 19.3 Å². The summed E-state index contributed by atoms with van der Waals surface area (Å²) in [7, 11) is 1.94. The summed E-state index contributed by atoms with van der Waals surface area (Å²) in [5, 5.41) is 29.0. The third-order valence-electron chi connectivity index (χ3n) is 7.67. The van der Waals surface area contributed by atoms with Gasteiger partial charge in [-0.05, 0) is 50.3 Å². The first-order valence-corrected chi connectivity index (χ1v) is 13.5. The number of hydrogen-bond acceptors (Lipinski definition) is 6. The average Bonchev–Trinajstić information content (AvgIpc) is 3.53. The first-order chi connectivity index (χ1) is 18.6. The number of H-pyrrole nitrogens is 1. The summed E-state index contributed by atoms with van der Waals surface area (Å²) in [6.07, 6.45) is 2.17. The predicted octanol–water partition coefficient (Wildman–Crippen LogP) is 5.52. The van der Waals surface area contributed by atoms with Gasteiger partial charge in [-0.1, -0.05) is 37.5 Å². The molecule has 3 heterocycles. The zero-order valence-corrected chi connectivity index (χ0v) is 22.3. The largest absolute Gasteiger partial charge is 0.433 e. The Hall–Kier alpha value is -3.31. The highest BCUT2D eigenvalue weighted by Crippen LogP contribution is 2.41. The van der Waals surface area contributed by atoms with E-state index in [9.17, 15) is 18.3 Å². The number of pyridine rings is 1. The Morgan fingerprint density at radius 2 is 1.92 bits per heavy atom. The second-order valence-corrected chi connectivity index (χ2v) is 10.7. The fraction of sp³-hybridized carbons (Fsp3) is 0.500. The predicted molar refractivity (Wildman–Crippen MR) is 142 cm³/mol. The highest BCUT2D eigenvalue weighted by Gasteiger charge is 2.35. The zero-order chi connectivity index (χ0) is 27.7. The molecule has 0 unspecified atom stereocenters. The van der Waals surface area contributed by atoms with Crippen LogP contribution in [0.25, 0.3) is 22.2 Å². The first kappa shape index (κ1) is 27.3. The Morgan fingerprint density at radius 1 is 1.15 bits per heavy atom. The van der Waals surface area contributed by atoms with Crippen LogP contribution in [0.3, 0.4) is 0 Å². The molecule has 4 aromatic rings. The lowest BCUT2D eigenvalue weighted by Crippen LogP contribution is -2.28. The summed E-state index contributed by atoms with van der Waals surface area (Å²) >= 11 is 0. The number of nitrogens with zero attached hydrogens (tertiary/aromatic N) is 5. The minimum absolute atomic E-state index is 0.0237. The number of rotatable bonds is 8. The maximum Gasteiger partial charge on any atom is 0.433 e. The number of nitrogens with one attached hydrogen (secondary N) is 2. The van der Waals surface area contributed by atoms with Gasteiger partial charge in [0, 0.05) is 36.5 Å². The molecule has 39 heavy (non-hydrogen) atoms. The summed E-state index contributed by atoms with van der Waals surface area (Å²) in [4.78, 5) is 3.95. The van der Waals surface area contributed by atoms with E-state index in [0.29, 0.717) is 22.5 Å². The lowest BCUT2D eigenvalue weighted by atomic mass is 9.76. The minimum Gasteiger partial charge on any atom is -0.392 e. The van der Waals surface area contributed by atoms with E-state index in [0.717, 1.165) is 35.9 Å². The van der Waals surface area contributed by atoms with Crippen LogP contribution >= 0.6 is 0 Å². The van der Waals surface area contributed by atoms with Crippen LogP contribution in [0.15, 0.2) is 36.7 Å². The van der Waals surface area contributed by atoms with Crippen molar-refractivity contribution >= 4 is 10.9 Å². The third kappa shape index (κ3) is 5.69. The molecule has 0 aliphatic heterocycles. The maximum atomic E-state index is 13.9. The molecule has 1 saturated carbocycles. The molecule has 11 heteroatoms. The standard InChI is InChI=1S/C28H34F3N7O/c1-16(39)14-32-17(2)24-26-21(13-22(34-24)28(29,30)31)25(35-36-26)20-11-7-10-19(12-20)23(18-8-5-4-6-9-18)27-37-33-15-38(27)3/h7,10-13,15-18,23,32,39H,4-6,8-9,14H2,1-3H3,(H,35,36)/t16-,17+,23+/m0/s1. The summed E-state index contributed by atoms with van der Waals surface area (Å²) < 4.78 is 43.7. The van der Waals surface area contributed by atoms with Gasteiger partial charge >= 0.3 is 6.18 Å². The van der Waals surface area contributed by atoms with Crippen molar-refractivity contribution < 1.29 is 18.3 Å². The maximum absolute atomic E-state index is 13.9. The van der Waals surface area contributed by atoms with Crippen molar-refractivity contribution in [3.8, 4) is 11.3 Å². The van der Waals surface area contributed by atoms with Gasteiger partial charge in [0.1, 0.15) is 23.5 Å². The first-order valence-electron chi connectivity index (χ1n) is 13.5. The fourth-order valence-electron chi connectivity index (χ4n) is 5.72. The van der Waals surface area contributed by atoms with E-state index in [1.54, 1.807) is 20.2 Å². The highest BCUT2D eigenvalue weighted by molar-refractivity contribution is 5.94. The summed E-state index contributed by atoms with van der Waals surface area (Å²) in [6, 6.07) is 8.39. The molecule has 3 aromatic heterocycles. The highest BCUT2D eigenvalue weighted by atomic mass is 19.4. The number of fused-ring (bicyclic) bond motifs is 1. The lowest BCUT2D eigenvalue weighted by molar-refractivity contribution is -0.141.